The van der Waals surface area contributed by atoms with Gasteiger partial charge in [-0.3, -0.25) is 9.59 Å². The molecule has 2 aromatic heterocycles. The number of aryl methyl sites for hydroxylation is 1. The molecule has 156 valence electrons. The molecule has 1 aromatic carbocycles. The first-order chi connectivity index (χ1) is 14.5. The molecule has 0 radical (unpaired) electrons. The zero-order valence-corrected chi connectivity index (χ0v) is 17.0. The van der Waals surface area contributed by atoms with E-state index in [1.54, 1.807) is 30.0 Å². The molecule has 0 bridgehead atoms. The molecule has 8 nitrogen and oxygen atoms in total. The van der Waals surface area contributed by atoms with Crippen LogP contribution in [0.3, 0.4) is 0 Å². The molecule has 1 fully saturated rings. The highest BCUT2D eigenvalue weighted by Crippen LogP contribution is 2.25. The minimum Gasteiger partial charge on any atom is -0.497 e. The predicted octanol–water partition coefficient (Wildman–Crippen LogP) is 2.85. The first-order valence-corrected chi connectivity index (χ1v) is 9.95. The van der Waals surface area contributed by atoms with Gasteiger partial charge in [0.25, 0.3) is 5.91 Å². The van der Waals surface area contributed by atoms with E-state index in [0.29, 0.717) is 41.6 Å². The molecule has 8 heteroatoms. The van der Waals surface area contributed by atoms with Gasteiger partial charge < -0.3 is 19.8 Å². The van der Waals surface area contributed by atoms with Gasteiger partial charge in [0.1, 0.15) is 28.9 Å². The van der Waals surface area contributed by atoms with Gasteiger partial charge in [0.2, 0.25) is 5.91 Å². The Kier molecular flexibility index (Phi) is 5.56. The molecule has 2 amide bonds. The van der Waals surface area contributed by atoms with Crippen LogP contribution in [0.1, 0.15) is 35.5 Å². The maximum absolute atomic E-state index is 13.1. The largest absolute Gasteiger partial charge is 0.497 e. The lowest BCUT2D eigenvalue weighted by molar-refractivity contribution is -0.122. The van der Waals surface area contributed by atoms with Crippen LogP contribution in [0, 0.1) is 6.92 Å². The third-order valence-electron chi connectivity index (χ3n) is 5.09. The zero-order chi connectivity index (χ0) is 21.1. The number of ether oxygens (including phenoxy) is 1. The van der Waals surface area contributed by atoms with Crippen molar-refractivity contribution in [2.45, 2.75) is 32.2 Å². The molecule has 0 saturated carbocycles. The van der Waals surface area contributed by atoms with Gasteiger partial charge in [-0.1, -0.05) is 0 Å². The topological polar surface area (TPSA) is 98.4 Å². The Morgan fingerprint density at radius 1 is 1.23 bits per heavy atom. The number of hydrogen-bond donors (Lipinski definition) is 2. The molecular weight excluding hydrogens is 384 g/mol. The minimum absolute atomic E-state index is 0.154. The summed E-state index contributed by atoms with van der Waals surface area (Å²) >= 11 is 0. The van der Waals surface area contributed by atoms with Crippen molar-refractivity contribution in [3.63, 3.8) is 0 Å². The maximum atomic E-state index is 13.1. The van der Waals surface area contributed by atoms with E-state index >= 15 is 0 Å². The van der Waals surface area contributed by atoms with Crippen LogP contribution in [-0.4, -0.2) is 41.3 Å². The summed E-state index contributed by atoms with van der Waals surface area (Å²) in [6, 6.07) is 12.0. The highest BCUT2D eigenvalue weighted by molar-refractivity contribution is 5.97. The minimum atomic E-state index is -0.562. The summed E-state index contributed by atoms with van der Waals surface area (Å²) in [6.45, 7) is 2.49. The van der Waals surface area contributed by atoms with Crippen molar-refractivity contribution in [1.82, 2.24) is 20.4 Å². The second kappa shape index (κ2) is 8.44. The van der Waals surface area contributed by atoms with Crippen LogP contribution < -0.4 is 15.4 Å². The molecule has 1 atom stereocenters. The fraction of sp³-hybridized carbons (Fsp3) is 0.318. The number of benzene rings is 1. The highest BCUT2D eigenvalue weighted by atomic mass is 16.5. The smallest absolute Gasteiger partial charge is 0.270 e. The van der Waals surface area contributed by atoms with E-state index in [4.69, 9.17) is 9.15 Å². The van der Waals surface area contributed by atoms with E-state index in [1.165, 1.54) is 0 Å². The van der Waals surface area contributed by atoms with E-state index in [2.05, 4.69) is 15.7 Å². The lowest BCUT2D eigenvalue weighted by Crippen LogP contribution is -2.45. The van der Waals surface area contributed by atoms with Crippen molar-refractivity contribution in [2.24, 2.45) is 0 Å². The summed E-state index contributed by atoms with van der Waals surface area (Å²) in [5.74, 6) is 1.51. The molecule has 0 spiro atoms. The second-order valence-corrected chi connectivity index (χ2v) is 7.25. The molecule has 3 heterocycles. The Balaban J connectivity index is 1.69. The molecule has 1 saturated heterocycles. The summed E-state index contributed by atoms with van der Waals surface area (Å²) in [5.41, 5.74) is 1.55. The van der Waals surface area contributed by atoms with Crippen LogP contribution >= 0.6 is 0 Å². The van der Waals surface area contributed by atoms with Gasteiger partial charge >= 0.3 is 0 Å². The predicted molar refractivity (Wildman–Crippen MR) is 111 cm³/mol. The lowest BCUT2D eigenvalue weighted by Gasteiger charge is -2.15. The normalized spacial score (nSPS) is 16.6. The Morgan fingerprint density at radius 2 is 2.03 bits per heavy atom. The molecule has 1 unspecified atom stereocenters. The summed E-state index contributed by atoms with van der Waals surface area (Å²) in [4.78, 5) is 25.4. The van der Waals surface area contributed by atoms with Crippen molar-refractivity contribution in [3.05, 3.63) is 53.9 Å². The van der Waals surface area contributed by atoms with Gasteiger partial charge in [0.05, 0.1) is 12.8 Å². The summed E-state index contributed by atoms with van der Waals surface area (Å²) in [6.07, 6.45) is 2.39. The summed E-state index contributed by atoms with van der Waals surface area (Å²) in [7, 11) is 1.59. The van der Waals surface area contributed by atoms with Gasteiger partial charge in [-0.15, -0.1) is 0 Å². The average Bonchev–Trinajstić information content (AvgIpc) is 3.33. The van der Waals surface area contributed by atoms with E-state index < -0.39 is 6.04 Å². The standard InChI is InChI=1S/C22H24N4O4/c1-14-6-11-20(30-14)18-13-19(22(28)24-17-5-3-4-12-23-21(17)27)26(25-18)15-7-9-16(29-2)10-8-15/h6-11,13,17H,3-5,12H2,1-2H3,(H,23,27)(H,24,28). The van der Waals surface area contributed by atoms with Crippen molar-refractivity contribution in [2.75, 3.05) is 13.7 Å². The van der Waals surface area contributed by atoms with E-state index in [0.717, 1.165) is 18.6 Å². The van der Waals surface area contributed by atoms with Crippen molar-refractivity contribution < 1.29 is 18.7 Å². The summed E-state index contributed by atoms with van der Waals surface area (Å²) < 4.78 is 12.4. The van der Waals surface area contributed by atoms with Gasteiger partial charge in [-0.2, -0.15) is 5.10 Å². The van der Waals surface area contributed by atoms with Gasteiger partial charge in [0, 0.05) is 12.6 Å². The Labute approximate surface area is 174 Å². The zero-order valence-electron chi connectivity index (χ0n) is 17.0. The Bertz CT molecular complexity index is 1050. The van der Waals surface area contributed by atoms with Crippen molar-refractivity contribution >= 4 is 11.8 Å². The number of nitrogens with one attached hydrogen (secondary N) is 2. The SMILES string of the molecule is COc1ccc(-n2nc(-c3ccc(C)o3)cc2C(=O)NC2CCCCNC2=O)cc1. The van der Waals surface area contributed by atoms with Crippen LogP contribution in [0.2, 0.25) is 0 Å². The molecule has 1 aliphatic rings. The average molecular weight is 408 g/mol. The lowest BCUT2D eigenvalue weighted by atomic mass is 10.1. The number of nitrogens with zero attached hydrogens (tertiary/aromatic N) is 2. The number of amides is 2. The first kappa shape index (κ1) is 19.8. The van der Waals surface area contributed by atoms with Crippen LogP contribution in [0.4, 0.5) is 0 Å². The van der Waals surface area contributed by atoms with E-state index in [9.17, 15) is 9.59 Å². The number of aromatic nitrogens is 2. The van der Waals surface area contributed by atoms with Crippen LogP contribution in [-0.2, 0) is 4.79 Å². The fourth-order valence-corrected chi connectivity index (χ4v) is 3.46. The van der Waals surface area contributed by atoms with Crippen LogP contribution in [0.15, 0.2) is 46.9 Å². The quantitative estimate of drug-likeness (QED) is 0.676. The molecule has 2 N–H and O–H groups in total. The van der Waals surface area contributed by atoms with Gasteiger partial charge in [0.15, 0.2) is 5.76 Å². The Hall–Kier alpha value is -3.55. The number of carbonyl (C=O) groups is 2. The number of rotatable bonds is 5. The summed E-state index contributed by atoms with van der Waals surface area (Å²) in [5, 5.41) is 10.3. The molecule has 30 heavy (non-hydrogen) atoms. The first-order valence-electron chi connectivity index (χ1n) is 9.95. The molecular formula is C22H24N4O4. The third kappa shape index (κ3) is 4.07. The maximum Gasteiger partial charge on any atom is 0.270 e. The number of methoxy groups -OCH3 is 1. The monoisotopic (exact) mass is 408 g/mol. The van der Waals surface area contributed by atoms with Crippen LogP contribution in [0.25, 0.3) is 17.1 Å². The fourth-order valence-electron chi connectivity index (χ4n) is 3.46. The van der Waals surface area contributed by atoms with Gasteiger partial charge in [-0.25, -0.2) is 4.68 Å². The number of furan rings is 1. The Morgan fingerprint density at radius 3 is 2.73 bits per heavy atom. The van der Waals surface area contributed by atoms with Crippen molar-refractivity contribution in [3.8, 4) is 22.9 Å². The van der Waals surface area contributed by atoms with Gasteiger partial charge in [-0.05, 0) is 62.6 Å². The van der Waals surface area contributed by atoms with E-state index in [-0.39, 0.29) is 11.8 Å². The highest BCUT2D eigenvalue weighted by Gasteiger charge is 2.26. The van der Waals surface area contributed by atoms with Crippen LogP contribution in [0.5, 0.6) is 5.75 Å². The molecule has 1 aliphatic heterocycles. The molecule has 3 aromatic rings. The van der Waals surface area contributed by atoms with E-state index in [1.807, 2.05) is 31.2 Å². The number of hydrogen-bond acceptors (Lipinski definition) is 5. The number of carbonyl (C=O) groups excluding carboxylic acids is 2. The molecule has 0 aliphatic carbocycles. The third-order valence-corrected chi connectivity index (χ3v) is 5.09. The molecule has 4 rings (SSSR count). The second-order valence-electron chi connectivity index (χ2n) is 7.25. The van der Waals surface area contributed by atoms with Crippen molar-refractivity contribution in [1.29, 1.82) is 0 Å².